The third-order valence-electron chi connectivity index (χ3n) is 1.87. The lowest BCUT2D eigenvalue weighted by molar-refractivity contribution is -0.113. The Morgan fingerprint density at radius 1 is 1.69 bits per heavy atom. The number of carbonyl (C=O) groups is 1. The zero-order chi connectivity index (χ0) is 9.52. The minimum Gasteiger partial charge on any atom is -0.501 e. The van der Waals surface area contributed by atoms with Gasteiger partial charge in [-0.15, -0.1) is 0 Å². The molecule has 2 nitrogen and oxygen atoms in total. The monoisotopic (exact) mass is 200 g/mol. The van der Waals surface area contributed by atoms with Crippen LogP contribution in [0.2, 0.25) is 0 Å². The number of thioether (sulfide) groups is 1. The van der Waals surface area contributed by atoms with Gasteiger partial charge in [0.15, 0.2) is 5.78 Å². The molecule has 0 atom stereocenters. The average Bonchev–Trinajstić information content (AvgIpc) is 2.19. The number of ether oxygens (including phenoxy) is 1. The molecule has 0 radical (unpaired) electrons. The van der Waals surface area contributed by atoms with E-state index in [4.69, 9.17) is 4.74 Å². The molecule has 0 aromatic heterocycles. The largest absolute Gasteiger partial charge is 0.501 e. The van der Waals surface area contributed by atoms with E-state index in [1.165, 1.54) is 0 Å². The van der Waals surface area contributed by atoms with Gasteiger partial charge in [-0.25, -0.2) is 0 Å². The van der Waals surface area contributed by atoms with Crippen LogP contribution in [0.15, 0.2) is 11.8 Å². The normalized spacial score (nSPS) is 16.2. The molecule has 13 heavy (non-hydrogen) atoms. The Morgan fingerprint density at radius 2 is 2.54 bits per heavy atom. The fourth-order valence-corrected chi connectivity index (χ4v) is 1.98. The summed E-state index contributed by atoms with van der Waals surface area (Å²) in [5.74, 6) is 1.93. The molecule has 0 saturated heterocycles. The zero-order valence-electron chi connectivity index (χ0n) is 8.04. The van der Waals surface area contributed by atoms with Crippen LogP contribution in [0.4, 0.5) is 0 Å². The van der Waals surface area contributed by atoms with Gasteiger partial charge < -0.3 is 4.74 Å². The van der Waals surface area contributed by atoms with Crippen LogP contribution in [0.25, 0.3) is 0 Å². The van der Waals surface area contributed by atoms with E-state index in [1.807, 2.05) is 0 Å². The summed E-state index contributed by atoms with van der Waals surface area (Å²) in [6.07, 6.45) is 4.65. The van der Waals surface area contributed by atoms with E-state index >= 15 is 0 Å². The van der Waals surface area contributed by atoms with E-state index in [0.29, 0.717) is 5.75 Å². The molecule has 0 unspecified atom stereocenters. The average molecular weight is 200 g/mol. The minimum absolute atomic E-state index is 0.248. The van der Waals surface area contributed by atoms with E-state index in [2.05, 4.69) is 6.92 Å². The lowest BCUT2D eigenvalue weighted by Crippen LogP contribution is -2.11. The number of Topliss-reactive ketones (excluding diaryl/α,β-unsaturated/α-hetero) is 1. The topological polar surface area (TPSA) is 26.3 Å². The second kappa shape index (κ2) is 6.08. The maximum atomic E-state index is 11.5. The summed E-state index contributed by atoms with van der Waals surface area (Å²) >= 11 is 1.71. The molecule has 0 spiro atoms. The van der Waals surface area contributed by atoms with Crippen LogP contribution in [0.5, 0.6) is 0 Å². The molecular formula is C10H16O2S. The van der Waals surface area contributed by atoms with Gasteiger partial charge >= 0.3 is 0 Å². The molecule has 0 bridgehead atoms. The van der Waals surface area contributed by atoms with Gasteiger partial charge in [-0.3, -0.25) is 4.79 Å². The summed E-state index contributed by atoms with van der Waals surface area (Å²) in [5, 5.41) is 0. The summed E-state index contributed by atoms with van der Waals surface area (Å²) in [5.41, 5.74) is 0.870. The number of allylic oxidation sites excluding steroid dienone is 1. The Balaban J connectivity index is 2.25. The van der Waals surface area contributed by atoms with Crippen LogP contribution < -0.4 is 0 Å². The van der Waals surface area contributed by atoms with Gasteiger partial charge in [-0.05, 0) is 25.0 Å². The SMILES string of the molecule is CCCSCC(=O)C1=COCCC1. The fourth-order valence-electron chi connectivity index (χ4n) is 1.17. The van der Waals surface area contributed by atoms with Gasteiger partial charge in [-0.2, -0.15) is 11.8 Å². The summed E-state index contributed by atoms with van der Waals surface area (Å²) in [7, 11) is 0. The fraction of sp³-hybridized carbons (Fsp3) is 0.700. The quantitative estimate of drug-likeness (QED) is 0.637. The predicted octanol–water partition coefficient (Wildman–Crippen LogP) is 2.39. The van der Waals surface area contributed by atoms with Crippen LogP contribution in [0, 0.1) is 0 Å². The van der Waals surface area contributed by atoms with Crippen LogP contribution in [0.3, 0.4) is 0 Å². The summed E-state index contributed by atoms with van der Waals surface area (Å²) in [6.45, 7) is 2.89. The van der Waals surface area contributed by atoms with Crippen molar-refractivity contribution in [3.05, 3.63) is 11.8 Å². The smallest absolute Gasteiger partial charge is 0.171 e. The van der Waals surface area contributed by atoms with Crippen LogP contribution in [-0.4, -0.2) is 23.9 Å². The van der Waals surface area contributed by atoms with E-state index in [1.54, 1.807) is 18.0 Å². The molecule has 0 N–H and O–H groups in total. The van der Waals surface area contributed by atoms with Crippen molar-refractivity contribution in [2.24, 2.45) is 0 Å². The van der Waals surface area contributed by atoms with E-state index < -0.39 is 0 Å². The van der Waals surface area contributed by atoms with Gasteiger partial charge in [0.1, 0.15) is 0 Å². The predicted molar refractivity (Wildman–Crippen MR) is 55.9 cm³/mol. The van der Waals surface area contributed by atoms with Crippen molar-refractivity contribution in [2.75, 3.05) is 18.1 Å². The van der Waals surface area contributed by atoms with Crippen molar-refractivity contribution < 1.29 is 9.53 Å². The molecule has 0 fully saturated rings. The lowest BCUT2D eigenvalue weighted by Gasteiger charge is -2.12. The summed E-state index contributed by atoms with van der Waals surface area (Å²) in [6, 6.07) is 0. The van der Waals surface area contributed by atoms with Gasteiger partial charge in [0.2, 0.25) is 0 Å². The molecule has 1 rings (SSSR count). The Kier molecular flexibility index (Phi) is 4.98. The first-order valence-electron chi connectivity index (χ1n) is 4.76. The van der Waals surface area contributed by atoms with E-state index in [-0.39, 0.29) is 5.78 Å². The van der Waals surface area contributed by atoms with Crippen LogP contribution >= 0.6 is 11.8 Å². The van der Waals surface area contributed by atoms with Crippen molar-refractivity contribution in [3.63, 3.8) is 0 Å². The lowest BCUT2D eigenvalue weighted by atomic mass is 10.1. The first-order valence-corrected chi connectivity index (χ1v) is 5.91. The molecular weight excluding hydrogens is 184 g/mol. The Bertz CT molecular complexity index is 199. The number of hydrogen-bond donors (Lipinski definition) is 0. The first kappa shape index (κ1) is 10.6. The third-order valence-corrected chi connectivity index (χ3v) is 3.04. The second-order valence-corrected chi connectivity index (χ2v) is 4.20. The molecule has 1 aliphatic heterocycles. The highest BCUT2D eigenvalue weighted by Crippen LogP contribution is 2.15. The number of carbonyl (C=O) groups excluding carboxylic acids is 1. The van der Waals surface area contributed by atoms with Crippen molar-refractivity contribution in [3.8, 4) is 0 Å². The molecule has 0 aliphatic carbocycles. The summed E-state index contributed by atoms with van der Waals surface area (Å²) < 4.78 is 5.12. The van der Waals surface area contributed by atoms with Crippen LogP contribution in [-0.2, 0) is 9.53 Å². The highest BCUT2D eigenvalue weighted by Gasteiger charge is 2.12. The molecule has 1 aliphatic rings. The Hall–Kier alpha value is -0.440. The second-order valence-electron chi connectivity index (χ2n) is 3.09. The highest BCUT2D eigenvalue weighted by atomic mass is 32.2. The summed E-state index contributed by atoms with van der Waals surface area (Å²) in [4.78, 5) is 11.5. The first-order chi connectivity index (χ1) is 6.34. The zero-order valence-corrected chi connectivity index (χ0v) is 8.86. The number of rotatable bonds is 5. The van der Waals surface area contributed by atoms with E-state index in [0.717, 1.165) is 37.2 Å². The van der Waals surface area contributed by atoms with Crippen molar-refractivity contribution in [1.29, 1.82) is 0 Å². The maximum absolute atomic E-state index is 11.5. The molecule has 1 heterocycles. The van der Waals surface area contributed by atoms with Crippen molar-refractivity contribution in [2.45, 2.75) is 26.2 Å². The molecule has 0 amide bonds. The molecule has 0 aromatic rings. The van der Waals surface area contributed by atoms with Gasteiger partial charge in [0, 0.05) is 5.57 Å². The Morgan fingerprint density at radius 3 is 3.15 bits per heavy atom. The molecule has 74 valence electrons. The number of hydrogen-bond acceptors (Lipinski definition) is 3. The highest BCUT2D eigenvalue weighted by molar-refractivity contribution is 7.99. The van der Waals surface area contributed by atoms with E-state index in [9.17, 15) is 4.79 Å². The maximum Gasteiger partial charge on any atom is 0.171 e. The van der Waals surface area contributed by atoms with Crippen molar-refractivity contribution >= 4 is 17.5 Å². The van der Waals surface area contributed by atoms with Crippen molar-refractivity contribution in [1.82, 2.24) is 0 Å². The molecule has 0 saturated carbocycles. The Labute approximate surface area is 83.7 Å². The third kappa shape index (κ3) is 3.85. The standard InChI is InChI=1S/C10H16O2S/c1-2-6-13-8-10(11)9-4-3-5-12-7-9/h7H,2-6,8H2,1H3. The molecule has 3 heteroatoms. The van der Waals surface area contributed by atoms with Gasteiger partial charge in [0.25, 0.3) is 0 Å². The van der Waals surface area contributed by atoms with Gasteiger partial charge in [-0.1, -0.05) is 6.92 Å². The number of ketones is 1. The van der Waals surface area contributed by atoms with Crippen LogP contribution in [0.1, 0.15) is 26.2 Å². The molecule has 0 aromatic carbocycles. The minimum atomic E-state index is 0.248. The van der Waals surface area contributed by atoms with Gasteiger partial charge in [0.05, 0.1) is 18.6 Å².